The zero-order valence-corrected chi connectivity index (χ0v) is 13.6. The van der Waals surface area contributed by atoms with Crippen LogP contribution in [-0.2, 0) is 0 Å². The van der Waals surface area contributed by atoms with Gasteiger partial charge in [-0.3, -0.25) is 0 Å². The monoisotopic (exact) mass is 325 g/mol. The van der Waals surface area contributed by atoms with Gasteiger partial charge >= 0.3 is 0 Å². The first-order valence-corrected chi connectivity index (χ1v) is 7.54. The van der Waals surface area contributed by atoms with Crippen LogP contribution in [0.4, 0.5) is 23.1 Å². The Balaban J connectivity index is 1.78. The molecule has 0 aliphatic heterocycles. The van der Waals surface area contributed by atoms with Gasteiger partial charge in [-0.25, -0.2) is 0 Å². The van der Waals surface area contributed by atoms with Crippen molar-refractivity contribution in [2.45, 2.75) is 13.8 Å². The number of hydrogen-bond acceptors (Lipinski definition) is 5. The summed E-state index contributed by atoms with van der Waals surface area (Å²) in [7, 11) is 0. The molecule has 0 fully saturated rings. The van der Waals surface area contributed by atoms with Crippen LogP contribution in [0.1, 0.15) is 11.1 Å². The van der Waals surface area contributed by atoms with E-state index in [9.17, 15) is 0 Å². The molecule has 1 heterocycles. The number of aromatic nitrogens is 3. The van der Waals surface area contributed by atoms with Gasteiger partial charge in [-0.2, -0.15) is 10.1 Å². The van der Waals surface area contributed by atoms with Gasteiger partial charge in [0.15, 0.2) is 5.82 Å². The fourth-order valence-corrected chi connectivity index (χ4v) is 2.31. The average Bonchev–Trinajstić information content (AvgIpc) is 2.53. The molecule has 2 N–H and O–H groups in total. The molecule has 0 amide bonds. The molecule has 3 aromatic rings. The molecule has 0 saturated heterocycles. The Morgan fingerprint density at radius 3 is 2.48 bits per heavy atom. The quantitative estimate of drug-likeness (QED) is 0.732. The van der Waals surface area contributed by atoms with Crippen LogP contribution in [0, 0.1) is 13.8 Å². The van der Waals surface area contributed by atoms with E-state index in [0.29, 0.717) is 16.8 Å². The Morgan fingerprint density at radius 1 is 0.957 bits per heavy atom. The lowest BCUT2D eigenvalue weighted by molar-refractivity contribution is 0.982. The second-order valence-corrected chi connectivity index (χ2v) is 5.68. The van der Waals surface area contributed by atoms with Crippen molar-refractivity contribution in [3.63, 3.8) is 0 Å². The smallest absolute Gasteiger partial charge is 0.249 e. The highest BCUT2D eigenvalue weighted by Crippen LogP contribution is 2.23. The molecule has 0 unspecified atom stereocenters. The highest BCUT2D eigenvalue weighted by Gasteiger charge is 2.04. The Bertz CT molecular complexity index is 817. The summed E-state index contributed by atoms with van der Waals surface area (Å²) in [6, 6.07) is 13.6. The predicted molar refractivity (Wildman–Crippen MR) is 93.8 cm³/mol. The fraction of sp³-hybridized carbons (Fsp3) is 0.118. The SMILES string of the molecule is Cc1ccc(Nc2nncc(Nc3ccc(Cl)cc3C)n2)cc1. The highest BCUT2D eigenvalue weighted by molar-refractivity contribution is 6.30. The van der Waals surface area contributed by atoms with E-state index in [1.54, 1.807) is 6.20 Å². The second-order valence-electron chi connectivity index (χ2n) is 5.24. The summed E-state index contributed by atoms with van der Waals surface area (Å²) in [4.78, 5) is 4.42. The number of aryl methyl sites for hydroxylation is 2. The first-order chi connectivity index (χ1) is 11.1. The van der Waals surface area contributed by atoms with Crippen LogP contribution in [0.3, 0.4) is 0 Å². The van der Waals surface area contributed by atoms with Gasteiger partial charge in [0.1, 0.15) is 0 Å². The molecule has 2 aromatic carbocycles. The van der Waals surface area contributed by atoms with Crippen molar-refractivity contribution >= 4 is 34.7 Å². The minimum absolute atomic E-state index is 0.436. The molecule has 0 aliphatic rings. The molecule has 0 spiro atoms. The summed E-state index contributed by atoms with van der Waals surface area (Å²) in [6.07, 6.45) is 1.58. The van der Waals surface area contributed by atoms with Crippen LogP contribution in [-0.4, -0.2) is 15.2 Å². The van der Waals surface area contributed by atoms with Crippen LogP contribution in [0.15, 0.2) is 48.7 Å². The number of rotatable bonds is 4. The molecule has 0 radical (unpaired) electrons. The number of hydrogen-bond donors (Lipinski definition) is 2. The van der Waals surface area contributed by atoms with Crippen molar-refractivity contribution in [1.82, 2.24) is 15.2 Å². The van der Waals surface area contributed by atoms with Crippen molar-refractivity contribution in [2.75, 3.05) is 10.6 Å². The van der Waals surface area contributed by atoms with E-state index in [4.69, 9.17) is 11.6 Å². The number of nitrogens with one attached hydrogen (secondary N) is 2. The molecular formula is C17H16ClN5. The van der Waals surface area contributed by atoms with E-state index in [0.717, 1.165) is 16.9 Å². The Hall–Kier alpha value is -2.66. The van der Waals surface area contributed by atoms with Gasteiger partial charge in [0.2, 0.25) is 5.95 Å². The van der Waals surface area contributed by atoms with Crippen molar-refractivity contribution in [1.29, 1.82) is 0 Å². The number of anilines is 4. The predicted octanol–water partition coefficient (Wildman–Crippen LogP) is 4.63. The summed E-state index contributed by atoms with van der Waals surface area (Å²) in [6.45, 7) is 4.02. The lowest BCUT2D eigenvalue weighted by Crippen LogP contribution is -2.03. The third kappa shape index (κ3) is 3.96. The van der Waals surface area contributed by atoms with Crippen LogP contribution >= 0.6 is 11.6 Å². The second kappa shape index (κ2) is 6.62. The fourth-order valence-electron chi connectivity index (χ4n) is 2.09. The zero-order chi connectivity index (χ0) is 16.2. The summed E-state index contributed by atoms with van der Waals surface area (Å²) < 4.78 is 0. The van der Waals surface area contributed by atoms with E-state index in [1.165, 1.54) is 5.56 Å². The van der Waals surface area contributed by atoms with Crippen molar-refractivity contribution in [3.05, 3.63) is 64.8 Å². The van der Waals surface area contributed by atoms with Gasteiger partial charge < -0.3 is 10.6 Å². The highest BCUT2D eigenvalue weighted by atomic mass is 35.5. The maximum absolute atomic E-state index is 5.97. The minimum Gasteiger partial charge on any atom is -0.339 e. The van der Waals surface area contributed by atoms with Gasteiger partial charge in [-0.15, -0.1) is 5.10 Å². The number of nitrogens with zero attached hydrogens (tertiary/aromatic N) is 3. The van der Waals surface area contributed by atoms with E-state index >= 15 is 0 Å². The van der Waals surface area contributed by atoms with E-state index in [-0.39, 0.29) is 0 Å². The number of benzene rings is 2. The van der Waals surface area contributed by atoms with Gasteiger partial charge in [-0.1, -0.05) is 29.3 Å². The molecular weight excluding hydrogens is 310 g/mol. The third-order valence-corrected chi connectivity index (χ3v) is 3.55. The maximum atomic E-state index is 5.97. The Labute approximate surface area is 139 Å². The molecule has 0 bridgehead atoms. The molecule has 5 nitrogen and oxygen atoms in total. The zero-order valence-electron chi connectivity index (χ0n) is 12.8. The Morgan fingerprint density at radius 2 is 1.74 bits per heavy atom. The summed E-state index contributed by atoms with van der Waals surface area (Å²) >= 11 is 5.97. The lowest BCUT2D eigenvalue weighted by Gasteiger charge is -2.10. The molecule has 6 heteroatoms. The topological polar surface area (TPSA) is 62.7 Å². The normalized spacial score (nSPS) is 10.4. The first-order valence-electron chi connectivity index (χ1n) is 7.17. The minimum atomic E-state index is 0.436. The van der Waals surface area contributed by atoms with E-state index < -0.39 is 0 Å². The van der Waals surface area contributed by atoms with Crippen molar-refractivity contribution < 1.29 is 0 Å². The molecule has 0 aliphatic carbocycles. The summed E-state index contributed by atoms with van der Waals surface area (Å²) in [5.41, 5.74) is 4.07. The lowest BCUT2D eigenvalue weighted by atomic mass is 10.2. The van der Waals surface area contributed by atoms with Crippen molar-refractivity contribution in [3.8, 4) is 0 Å². The van der Waals surface area contributed by atoms with Crippen LogP contribution in [0.25, 0.3) is 0 Å². The van der Waals surface area contributed by atoms with Crippen LogP contribution < -0.4 is 10.6 Å². The summed E-state index contributed by atoms with van der Waals surface area (Å²) in [5, 5.41) is 15.0. The number of halogens is 1. The summed E-state index contributed by atoms with van der Waals surface area (Å²) in [5.74, 6) is 1.05. The maximum Gasteiger partial charge on any atom is 0.249 e. The van der Waals surface area contributed by atoms with Gasteiger partial charge in [-0.05, 0) is 49.7 Å². The molecule has 0 atom stereocenters. The van der Waals surface area contributed by atoms with E-state index in [1.807, 2.05) is 56.3 Å². The van der Waals surface area contributed by atoms with Gasteiger partial charge in [0.05, 0.1) is 6.20 Å². The van der Waals surface area contributed by atoms with E-state index in [2.05, 4.69) is 25.8 Å². The molecule has 23 heavy (non-hydrogen) atoms. The van der Waals surface area contributed by atoms with Crippen LogP contribution in [0.5, 0.6) is 0 Å². The van der Waals surface area contributed by atoms with Crippen molar-refractivity contribution in [2.24, 2.45) is 0 Å². The molecule has 116 valence electrons. The molecule has 1 aromatic heterocycles. The van der Waals surface area contributed by atoms with Gasteiger partial charge in [0.25, 0.3) is 0 Å². The third-order valence-electron chi connectivity index (χ3n) is 3.32. The average molecular weight is 326 g/mol. The standard InChI is InChI=1S/C17H16ClN5/c1-11-3-6-14(7-4-11)20-17-22-16(10-19-23-17)21-15-8-5-13(18)9-12(15)2/h3-10H,1-2H3,(H2,20,21,22,23). The van der Waals surface area contributed by atoms with Crippen LogP contribution in [0.2, 0.25) is 5.02 Å². The van der Waals surface area contributed by atoms with Gasteiger partial charge in [0, 0.05) is 16.4 Å². The first kappa shape index (κ1) is 15.2. The molecule has 3 rings (SSSR count). The largest absolute Gasteiger partial charge is 0.339 e. The Kier molecular flexibility index (Phi) is 4.39. The molecule has 0 saturated carbocycles.